The van der Waals surface area contributed by atoms with E-state index in [0.717, 1.165) is 5.52 Å². The molecular weight excluding hydrogens is 290 g/mol. The van der Waals surface area contributed by atoms with E-state index in [-0.39, 0.29) is 24.2 Å². The van der Waals surface area contributed by atoms with Crippen molar-refractivity contribution in [2.75, 3.05) is 18.9 Å². The number of carbonyl (C=O) groups excluding carboxylic acids is 2. The first kappa shape index (κ1) is 13.8. The number of amides is 2. The second-order valence-corrected chi connectivity index (χ2v) is 5.59. The Bertz CT molecular complexity index is 764. The van der Waals surface area contributed by atoms with Gasteiger partial charge in [0.15, 0.2) is 5.58 Å². The Hall–Kier alpha value is -2.15. The maximum absolute atomic E-state index is 12.2. The van der Waals surface area contributed by atoms with Crippen LogP contribution in [0.5, 0.6) is 0 Å². The number of H-pyrrole nitrogens is 1. The number of anilines is 1. The lowest BCUT2D eigenvalue weighted by atomic mass is 9.95. The molecule has 0 aliphatic carbocycles. The minimum atomic E-state index is -0.276. The first-order valence-electron chi connectivity index (χ1n) is 6.70. The van der Waals surface area contributed by atoms with Crippen molar-refractivity contribution in [1.82, 2.24) is 9.88 Å². The van der Waals surface area contributed by atoms with Gasteiger partial charge in [-0.15, -0.1) is 0 Å². The van der Waals surface area contributed by atoms with Crippen LogP contribution in [0.4, 0.5) is 5.69 Å². The van der Waals surface area contributed by atoms with Gasteiger partial charge in [0.25, 0.3) is 4.84 Å². The molecule has 6 nitrogen and oxygen atoms in total. The van der Waals surface area contributed by atoms with Crippen LogP contribution in [0.2, 0.25) is 0 Å². The van der Waals surface area contributed by atoms with Crippen molar-refractivity contribution >= 4 is 40.8 Å². The number of benzene rings is 1. The van der Waals surface area contributed by atoms with Crippen molar-refractivity contribution in [3.05, 3.63) is 23.0 Å². The monoisotopic (exact) mass is 305 g/mol. The van der Waals surface area contributed by atoms with Crippen molar-refractivity contribution in [3.63, 3.8) is 0 Å². The number of nitrogens with zero attached hydrogens (tertiary/aromatic N) is 1. The minimum Gasteiger partial charge on any atom is -0.429 e. The Labute approximate surface area is 126 Å². The number of piperidine rings is 1. The molecule has 3 rings (SSSR count). The molecular formula is C14H15N3O3S. The summed E-state index contributed by atoms with van der Waals surface area (Å²) in [5.74, 6) is -0.403. The van der Waals surface area contributed by atoms with Crippen LogP contribution in [0.3, 0.4) is 0 Å². The standard InChI is InChI=1S/C14H15N3O3S/c1-17-5-4-8(6-12(17)18)13(19)15-9-2-3-10-11(7-9)20-14(21)16-10/h2-3,7-8H,4-6H2,1H3,(H,15,19)(H,16,21). The van der Waals surface area contributed by atoms with Crippen LogP contribution in [0.15, 0.2) is 22.6 Å². The topological polar surface area (TPSA) is 78.3 Å². The highest BCUT2D eigenvalue weighted by molar-refractivity contribution is 7.71. The van der Waals surface area contributed by atoms with Crippen molar-refractivity contribution in [2.45, 2.75) is 12.8 Å². The van der Waals surface area contributed by atoms with E-state index in [0.29, 0.717) is 29.1 Å². The number of oxazole rings is 1. The lowest BCUT2D eigenvalue weighted by Gasteiger charge is -2.27. The van der Waals surface area contributed by atoms with Gasteiger partial charge in [-0.05, 0) is 30.8 Å². The number of aromatic nitrogens is 1. The summed E-state index contributed by atoms with van der Waals surface area (Å²) in [6.07, 6.45) is 0.941. The third-order valence-electron chi connectivity index (χ3n) is 3.72. The number of hydrogen-bond acceptors (Lipinski definition) is 4. The Kier molecular flexibility index (Phi) is 3.50. The lowest BCUT2D eigenvalue weighted by Crippen LogP contribution is -2.39. The summed E-state index contributed by atoms with van der Waals surface area (Å²) < 4.78 is 5.31. The number of aromatic amines is 1. The van der Waals surface area contributed by atoms with Gasteiger partial charge in [0, 0.05) is 37.7 Å². The molecule has 0 saturated carbocycles. The van der Waals surface area contributed by atoms with Gasteiger partial charge in [0.1, 0.15) is 0 Å². The average molecular weight is 305 g/mol. The first-order chi connectivity index (χ1) is 10.0. The first-order valence-corrected chi connectivity index (χ1v) is 7.11. The normalized spacial score (nSPS) is 19.0. The van der Waals surface area contributed by atoms with E-state index < -0.39 is 0 Å². The van der Waals surface area contributed by atoms with Crippen LogP contribution in [0.25, 0.3) is 11.1 Å². The van der Waals surface area contributed by atoms with Gasteiger partial charge in [-0.2, -0.15) is 0 Å². The zero-order valence-corrected chi connectivity index (χ0v) is 12.3. The largest absolute Gasteiger partial charge is 0.429 e. The molecule has 110 valence electrons. The van der Waals surface area contributed by atoms with Gasteiger partial charge in [0.2, 0.25) is 11.8 Å². The molecule has 1 aliphatic heterocycles. The number of fused-ring (bicyclic) bond motifs is 1. The summed E-state index contributed by atoms with van der Waals surface area (Å²) in [5.41, 5.74) is 2.02. The fourth-order valence-electron chi connectivity index (χ4n) is 2.43. The molecule has 1 aliphatic rings. The lowest BCUT2D eigenvalue weighted by molar-refractivity contribution is -0.137. The molecule has 21 heavy (non-hydrogen) atoms. The van der Waals surface area contributed by atoms with E-state index in [2.05, 4.69) is 10.3 Å². The van der Waals surface area contributed by atoms with E-state index in [9.17, 15) is 9.59 Å². The third-order valence-corrected chi connectivity index (χ3v) is 3.90. The zero-order valence-electron chi connectivity index (χ0n) is 11.5. The predicted molar refractivity (Wildman–Crippen MR) is 80.4 cm³/mol. The Morgan fingerprint density at radius 1 is 1.52 bits per heavy atom. The Morgan fingerprint density at radius 2 is 2.33 bits per heavy atom. The van der Waals surface area contributed by atoms with Gasteiger partial charge in [-0.3, -0.25) is 9.59 Å². The van der Waals surface area contributed by atoms with Crippen molar-refractivity contribution in [1.29, 1.82) is 0 Å². The second-order valence-electron chi connectivity index (χ2n) is 5.22. The van der Waals surface area contributed by atoms with Crippen LogP contribution in [0.1, 0.15) is 12.8 Å². The Balaban J connectivity index is 1.73. The van der Waals surface area contributed by atoms with E-state index in [1.54, 1.807) is 30.1 Å². The fourth-order valence-corrected chi connectivity index (χ4v) is 2.63. The van der Waals surface area contributed by atoms with Gasteiger partial charge in [-0.1, -0.05) is 0 Å². The number of likely N-dealkylation sites (tertiary alicyclic amines) is 1. The van der Waals surface area contributed by atoms with Crippen LogP contribution >= 0.6 is 12.2 Å². The van der Waals surface area contributed by atoms with Gasteiger partial charge in [-0.25, -0.2) is 0 Å². The van der Waals surface area contributed by atoms with Crippen molar-refractivity contribution < 1.29 is 14.0 Å². The number of rotatable bonds is 2. The summed E-state index contributed by atoms with van der Waals surface area (Å²) in [5, 5.41) is 2.83. The summed E-state index contributed by atoms with van der Waals surface area (Å²) in [6, 6.07) is 5.29. The molecule has 0 bridgehead atoms. The summed E-state index contributed by atoms with van der Waals surface area (Å²) in [7, 11) is 1.75. The third kappa shape index (κ3) is 2.82. The van der Waals surface area contributed by atoms with Crippen LogP contribution in [-0.4, -0.2) is 35.3 Å². The quantitative estimate of drug-likeness (QED) is 0.835. The molecule has 1 aromatic heterocycles. The molecule has 0 spiro atoms. The van der Waals surface area contributed by atoms with Gasteiger partial charge in [0.05, 0.1) is 5.52 Å². The predicted octanol–water partition coefficient (Wildman–Crippen LogP) is 2.30. The molecule has 1 fully saturated rings. The fraction of sp³-hybridized carbons (Fsp3) is 0.357. The second kappa shape index (κ2) is 5.33. The van der Waals surface area contributed by atoms with Crippen LogP contribution in [0, 0.1) is 10.8 Å². The molecule has 1 unspecified atom stereocenters. The molecule has 1 saturated heterocycles. The summed E-state index contributed by atoms with van der Waals surface area (Å²) in [4.78, 5) is 28.7. The van der Waals surface area contributed by atoms with E-state index in [1.165, 1.54) is 0 Å². The number of hydrogen-bond donors (Lipinski definition) is 2. The molecule has 2 aromatic rings. The van der Waals surface area contributed by atoms with Gasteiger partial charge >= 0.3 is 0 Å². The molecule has 2 heterocycles. The SMILES string of the molecule is CN1CCC(C(=O)Nc2ccc3[nH]c(=S)oc3c2)CC1=O. The molecule has 2 amide bonds. The molecule has 1 atom stereocenters. The molecule has 7 heteroatoms. The molecule has 1 aromatic carbocycles. The highest BCUT2D eigenvalue weighted by Crippen LogP contribution is 2.22. The van der Waals surface area contributed by atoms with E-state index in [1.807, 2.05) is 0 Å². The molecule has 0 radical (unpaired) electrons. The average Bonchev–Trinajstić information content (AvgIpc) is 2.81. The minimum absolute atomic E-state index is 0.00763. The van der Waals surface area contributed by atoms with E-state index in [4.69, 9.17) is 16.6 Å². The smallest absolute Gasteiger partial charge is 0.266 e. The van der Waals surface area contributed by atoms with E-state index >= 15 is 0 Å². The van der Waals surface area contributed by atoms with Crippen molar-refractivity contribution in [3.8, 4) is 0 Å². The Morgan fingerprint density at radius 3 is 3.10 bits per heavy atom. The molecule has 2 N–H and O–H groups in total. The highest BCUT2D eigenvalue weighted by atomic mass is 32.1. The highest BCUT2D eigenvalue weighted by Gasteiger charge is 2.28. The van der Waals surface area contributed by atoms with Crippen LogP contribution in [-0.2, 0) is 9.59 Å². The zero-order chi connectivity index (χ0) is 15.0. The number of carbonyl (C=O) groups is 2. The summed E-state index contributed by atoms with van der Waals surface area (Å²) in [6.45, 7) is 0.614. The maximum Gasteiger partial charge on any atom is 0.266 e. The van der Waals surface area contributed by atoms with Crippen molar-refractivity contribution in [2.24, 2.45) is 5.92 Å². The van der Waals surface area contributed by atoms with Gasteiger partial charge < -0.3 is 19.6 Å². The summed E-state index contributed by atoms with van der Waals surface area (Å²) >= 11 is 4.92. The maximum atomic E-state index is 12.2. The van der Waals surface area contributed by atoms with Crippen LogP contribution < -0.4 is 5.32 Å². The number of nitrogens with one attached hydrogen (secondary N) is 2.